The minimum absolute atomic E-state index is 0.297. The molecule has 1 unspecified atom stereocenters. The molecule has 0 bridgehead atoms. The summed E-state index contributed by atoms with van der Waals surface area (Å²) in [5, 5.41) is 8.60. The van der Waals surface area contributed by atoms with E-state index in [0.717, 1.165) is 78.6 Å². The number of morpholine rings is 2. The third kappa shape index (κ3) is 16.7. The van der Waals surface area contributed by atoms with Crippen LogP contribution in [0.25, 0.3) is 0 Å². The fourth-order valence-electron chi connectivity index (χ4n) is 3.00. The lowest BCUT2D eigenvalue weighted by molar-refractivity contribution is -0.0195. The molecule has 28 heavy (non-hydrogen) atoms. The van der Waals surface area contributed by atoms with Gasteiger partial charge in [-0.15, -0.1) is 0 Å². The minimum atomic E-state index is 0.297. The molecule has 2 aliphatic heterocycles. The third-order valence-electron chi connectivity index (χ3n) is 4.40. The molecule has 0 aromatic heterocycles. The van der Waals surface area contributed by atoms with Crippen LogP contribution in [0.2, 0.25) is 0 Å². The zero-order valence-electron chi connectivity index (χ0n) is 19.9. The molecule has 1 N–H and O–H groups in total. The number of nitrogens with zero attached hydrogens (tertiary/aromatic N) is 2. The number of hydrogen-bond acceptors (Lipinski definition) is 6. The molecule has 2 fully saturated rings. The maximum Gasteiger partial charge on any atom is 0.0674 e. The Hall–Kier alpha value is -0.240. The lowest BCUT2D eigenvalue weighted by Gasteiger charge is -2.33. The Bertz CT molecular complexity index is 296. The van der Waals surface area contributed by atoms with Gasteiger partial charge in [0.05, 0.1) is 25.9 Å². The van der Waals surface area contributed by atoms with Gasteiger partial charge in [0.2, 0.25) is 0 Å². The summed E-state index contributed by atoms with van der Waals surface area (Å²) in [6.45, 7) is 24.2. The molecule has 0 radical (unpaired) electrons. The summed E-state index contributed by atoms with van der Waals surface area (Å²) < 4.78 is 16.1. The third-order valence-corrected chi connectivity index (χ3v) is 4.40. The maximum absolute atomic E-state index is 8.60. The van der Waals surface area contributed by atoms with Crippen molar-refractivity contribution in [1.82, 2.24) is 9.80 Å². The maximum atomic E-state index is 8.60. The highest BCUT2D eigenvalue weighted by molar-refractivity contribution is 4.70. The first-order chi connectivity index (χ1) is 13.7. The molecule has 6 heteroatoms. The summed E-state index contributed by atoms with van der Waals surface area (Å²) in [5.74, 6) is 0. The van der Waals surface area contributed by atoms with Crippen LogP contribution in [0.3, 0.4) is 0 Å². The molecular formula is C22H50N2O4. The second-order valence-corrected chi connectivity index (χ2v) is 6.57. The average molecular weight is 407 g/mol. The number of aliphatic hydroxyl groups is 1. The van der Waals surface area contributed by atoms with Crippen molar-refractivity contribution >= 4 is 0 Å². The van der Waals surface area contributed by atoms with E-state index in [0.29, 0.717) is 18.8 Å². The second kappa shape index (κ2) is 23.0. The van der Waals surface area contributed by atoms with Gasteiger partial charge in [0, 0.05) is 58.6 Å². The van der Waals surface area contributed by atoms with Crippen LogP contribution in [0.4, 0.5) is 0 Å². The van der Waals surface area contributed by atoms with Crippen LogP contribution in [0.5, 0.6) is 0 Å². The molecule has 2 rings (SSSR count). The number of rotatable bonds is 8. The fraction of sp³-hybridized carbons (Fsp3) is 1.00. The number of hydrogen-bond donors (Lipinski definition) is 1. The Labute approximate surface area is 175 Å². The summed E-state index contributed by atoms with van der Waals surface area (Å²) in [6, 6.07) is 0.579. The first-order valence-corrected chi connectivity index (χ1v) is 11.5. The average Bonchev–Trinajstić information content (AvgIpc) is 2.74. The van der Waals surface area contributed by atoms with Gasteiger partial charge in [-0.1, -0.05) is 27.7 Å². The van der Waals surface area contributed by atoms with Crippen molar-refractivity contribution in [3.8, 4) is 0 Å². The second-order valence-electron chi connectivity index (χ2n) is 6.57. The molecular weight excluding hydrogens is 356 g/mol. The molecule has 2 saturated heterocycles. The first-order valence-electron chi connectivity index (χ1n) is 11.5. The van der Waals surface area contributed by atoms with E-state index in [1.165, 1.54) is 0 Å². The van der Waals surface area contributed by atoms with Crippen LogP contribution in [-0.4, -0.2) is 99.4 Å². The largest absolute Gasteiger partial charge is 0.396 e. The Morgan fingerprint density at radius 3 is 2.29 bits per heavy atom. The van der Waals surface area contributed by atoms with Gasteiger partial charge in [0.25, 0.3) is 0 Å². The van der Waals surface area contributed by atoms with E-state index in [-0.39, 0.29) is 0 Å². The predicted molar refractivity (Wildman–Crippen MR) is 119 cm³/mol. The van der Waals surface area contributed by atoms with Crippen molar-refractivity contribution in [3.05, 3.63) is 0 Å². The molecule has 2 aliphatic rings. The van der Waals surface area contributed by atoms with Crippen LogP contribution in [0.15, 0.2) is 0 Å². The highest BCUT2D eigenvalue weighted by Crippen LogP contribution is 2.06. The van der Waals surface area contributed by atoms with E-state index in [1.807, 2.05) is 34.6 Å². The molecule has 6 nitrogen and oxygen atoms in total. The van der Waals surface area contributed by atoms with E-state index >= 15 is 0 Å². The Morgan fingerprint density at radius 2 is 1.71 bits per heavy atom. The van der Waals surface area contributed by atoms with Gasteiger partial charge >= 0.3 is 0 Å². The molecule has 0 aromatic carbocycles. The lowest BCUT2D eigenvalue weighted by atomic mass is 10.2. The van der Waals surface area contributed by atoms with Crippen LogP contribution < -0.4 is 0 Å². The summed E-state index contributed by atoms with van der Waals surface area (Å²) in [4.78, 5) is 4.81. The van der Waals surface area contributed by atoms with Crippen LogP contribution in [-0.2, 0) is 14.2 Å². The zero-order chi connectivity index (χ0) is 21.6. The zero-order valence-corrected chi connectivity index (χ0v) is 19.9. The molecule has 0 aromatic rings. The van der Waals surface area contributed by atoms with Crippen molar-refractivity contribution in [2.45, 2.75) is 73.5 Å². The fourth-order valence-corrected chi connectivity index (χ4v) is 3.00. The molecule has 172 valence electrons. The summed E-state index contributed by atoms with van der Waals surface area (Å²) >= 11 is 0. The number of aliphatic hydroxyl groups excluding tert-OH is 1. The van der Waals surface area contributed by atoms with Gasteiger partial charge in [0.1, 0.15) is 0 Å². The standard InChI is InChI=1S/C10H21NO2.C8H17NO2.2C2H6/c1-3-12-7-4-5-11-6-8-13-9-10(11)2;1-8-7-9(3-2-5-10)4-6-11-8;2*1-2/h10H,3-9H2,1-2H3;8,10H,2-7H2,1H3;2*1-2H3/t10-;;;/m1.../s1. The molecule has 2 atom stereocenters. The molecule has 0 aliphatic carbocycles. The molecule has 0 saturated carbocycles. The van der Waals surface area contributed by atoms with Gasteiger partial charge in [-0.05, 0) is 33.6 Å². The van der Waals surface area contributed by atoms with Gasteiger partial charge in [0.15, 0.2) is 0 Å². The Morgan fingerprint density at radius 1 is 1.00 bits per heavy atom. The Kier molecular flexibility index (Phi) is 24.7. The normalized spacial score (nSPS) is 22.7. The summed E-state index contributed by atoms with van der Waals surface area (Å²) in [6.07, 6.45) is 2.38. The SMILES string of the molecule is CC.CC.CC1CN(CCCO)CCO1.CCOCCCN1CCOC[C@H]1C. The van der Waals surface area contributed by atoms with E-state index in [2.05, 4.69) is 23.6 Å². The summed E-state index contributed by atoms with van der Waals surface area (Å²) in [7, 11) is 0. The smallest absolute Gasteiger partial charge is 0.0674 e. The van der Waals surface area contributed by atoms with Crippen molar-refractivity contribution in [1.29, 1.82) is 0 Å². The Balaban J connectivity index is 0. The summed E-state index contributed by atoms with van der Waals surface area (Å²) in [5.41, 5.74) is 0. The molecule has 0 spiro atoms. The molecule has 0 amide bonds. The van der Waals surface area contributed by atoms with Crippen molar-refractivity contribution in [3.63, 3.8) is 0 Å². The highest BCUT2D eigenvalue weighted by Gasteiger charge is 2.17. The first kappa shape index (κ1) is 30.0. The molecule has 2 heterocycles. The van der Waals surface area contributed by atoms with E-state index in [9.17, 15) is 0 Å². The minimum Gasteiger partial charge on any atom is -0.396 e. The van der Waals surface area contributed by atoms with Gasteiger partial charge < -0.3 is 19.3 Å². The number of ether oxygens (including phenoxy) is 3. The highest BCUT2D eigenvalue weighted by atomic mass is 16.5. The quantitative estimate of drug-likeness (QED) is 0.625. The van der Waals surface area contributed by atoms with E-state index < -0.39 is 0 Å². The van der Waals surface area contributed by atoms with Crippen molar-refractivity contribution in [2.24, 2.45) is 0 Å². The predicted octanol–water partition coefficient (Wildman–Crippen LogP) is 3.28. The lowest BCUT2D eigenvalue weighted by Crippen LogP contribution is -2.44. The van der Waals surface area contributed by atoms with Gasteiger partial charge in [-0.3, -0.25) is 9.80 Å². The van der Waals surface area contributed by atoms with Crippen molar-refractivity contribution in [2.75, 3.05) is 72.4 Å². The van der Waals surface area contributed by atoms with Gasteiger partial charge in [-0.2, -0.15) is 0 Å². The van der Waals surface area contributed by atoms with Gasteiger partial charge in [-0.25, -0.2) is 0 Å². The topological polar surface area (TPSA) is 54.4 Å². The van der Waals surface area contributed by atoms with Crippen molar-refractivity contribution < 1.29 is 19.3 Å². The van der Waals surface area contributed by atoms with Crippen LogP contribution >= 0.6 is 0 Å². The van der Waals surface area contributed by atoms with E-state index in [4.69, 9.17) is 19.3 Å². The van der Waals surface area contributed by atoms with E-state index in [1.54, 1.807) is 0 Å². The van der Waals surface area contributed by atoms with Crippen LogP contribution in [0, 0.1) is 0 Å². The van der Waals surface area contributed by atoms with Crippen LogP contribution in [0.1, 0.15) is 61.3 Å². The monoisotopic (exact) mass is 406 g/mol.